The minimum absolute atomic E-state index is 1.06. The Hall–Kier alpha value is -0.930. The highest BCUT2D eigenvalue weighted by Crippen LogP contribution is 2.22. The highest BCUT2D eigenvalue weighted by atomic mass is 15.1. The van der Waals surface area contributed by atoms with E-state index in [2.05, 4.69) is 27.9 Å². The Bertz CT molecular complexity index is 396. The zero-order valence-corrected chi connectivity index (χ0v) is 10.7. The number of nitrogens with zero attached hydrogens (tertiary/aromatic N) is 3. The number of likely N-dealkylation sites (tertiary alicyclic amines) is 1. The molecule has 92 valence electrons. The van der Waals surface area contributed by atoms with Gasteiger partial charge in [0.1, 0.15) is 0 Å². The van der Waals surface area contributed by atoms with Crippen LogP contribution >= 0.6 is 0 Å². The van der Waals surface area contributed by atoms with E-state index in [-0.39, 0.29) is 0 Å². The number of hydrogen-bond acceptors (Lipinski definition) is 3. The molecule has 0 N–H and O–H groups in total. The number of hydrogen-bond donors (Lipinski definition) is 0. The van der Waals surface area contributed by atoms with E-state index in [1.54, 1.807) is 0 Å². The molecule has 3 nitrogen and oxygen atoms in total. The maximum Gasteiger partial charge on any atom is 0.0579 e. The summed E-state index contributed by atoms with van der Waals surface area (Å²) in [5.41, 5.74) is 4.35. The second-order valence-corrected chi connectivity index (χ2v) is 5.37. The van der Waals surface area contributed by atoms with Crippen molar-refractivity contribution in [2.24, 2.45) is 0 Å². The van der Waals surface area contributed by atoms with E-state index in [0.29, 0.717) is 0 Å². The van der Waals surface area contributed by atoms with Crippen molar-refractivity contribution in [3.63, 3.8) is 0 Å². The molecule has 0 amide bonds. The van der Waals surface area contributed by atoms with Gasteiger partial charge in [-0.1, -0.05) is 0 Å². The number of rotatable bonds is 2. The molecule has 1 fully saturated rings. The van der Waals surface area contributed by atoms with Crippen molar-refractivity contribution in [3.8, 4) is 0 Å². The molecule has 0 radical (unpaired) electrons. The highest BCUT2D eigenvalue weighted by Gasteiger charge is 2.19. The van der Waals surface area contributed by atoms with E-state index >= 15 is 0 Å². The molecule has 0 bridgehead atoms. The molecule has 0 aromatic carbocycles. The Balaban J connectivity index is 1.82. The molecule has 2 aliphatic heterocycles. The standard InChI is InChI=1S/C14H21N3/c1-16-9-5-13-12(10-16)4-6-15-14(13)11-17-7-2-3-8-17/h4,6H,2-3,5,7-11H2,1H3. The lowest BCUT2D eigenvalue weighted by Crippen LogP contribution is -2.29. The van der Waals surface area contributed by atoms with Crippen LogP contribution in [-0.2, 0) is 19.5 Å². The lowest BCUT2D eigenvalue weighted by Gasteiger charge is -2.27. The Morgan fingerprint density at radius 2 is 2.06 bits per heavy atom. The van der Waals surface area contributed by atoms with Crippen LogP contribution in [0.2, 0.25) is 0 Å². The number of fused-ring (bicyclic) bond motifs is 1. The van der Waals surface area contributed by atoms with Gasteiger partial charge in [0.05, 0.1) is 5.69 Å². The zero-order chi connectivity index (χ0) is 11.7. The molecule has 3 rings (SSSR count). The van der Waals surface area contributed by atoms with Gasteiger partial charge in [-0.3, -0.25) is 9.88 Å². The summed E-state index contributed by atoms with van der Waals surface area (Å²) >= 11 is 0. The van der Waals surface area contributed by atoms with E-state index in [1.165, 1.54) is 55.7 Å². The van der Waals surface area contributed by atoms with E-state index in [0.717, 1.165) is 13.1 Å². The number of aromatic nitrogens is 1. The molecule has 0 aliphatic carbocycles. The fraction of sp³-hybridized carbons (Fsp3) is 0.643. The van der Waals surface area contributed by atoms with Gasteiger partial charge in [-0.25, -0.2) is 0 Å². The van der Waals surface area contributed by atoms with Crippen molar-refractivity contribution >= 4 is 0 Å². The van der Waals surface area contributed by atoms with Crippen molar-refractivity contribution in [2.45, 2.75) is 32.4 Å². The summed E-state index contributed by atoms with van der Waals surface area (Å²) in [6.07, 6.45) is 5.88. The van der Waals surface area contributed by atoms with Gasteiger partial charge in [-0.15, -0.1) is 0 Å². The first kappa shape index (κ1) is 11.2. The van der Waals surface area contributed by atoms with Gasteiger partial charge in [0.25, 0.3) is 0 Å². The summed E-state index contributed by atoms with van der Waals surface area (Å²) in [7, 11) is 2.20. The topological polar surface area (TPSA) is 19.4 Å². The average molecular weight is 231 g/mol. The van der Waals surface area contributed by atoms with E-state index in [1.807, 2.05) is 6.20 Å². The molecule has 1 aromatic heterocycles. The second-order valence-electron chi connectivity index (χ2n) is 5.37. The molecule has 2 aliphatic rings. The van der Waals surface area contributed by atoms with Crippen LogP contribution in [0.5, 0.6) is 0 Å². The van der Waals surface area contributed by atoms with Gasteiger partial charge in [0, 0.05) is 25.8 Å². The lowest BCUT2D eigenvalue weighted by atomic mass is 9.99. The first-order valence-corrected chi connectivity index (χ1v) is 6.69. The SMILES string of the molecule is CN1CCc2c(ccnc2CN2CCCC2)C1. The van der Waals surface area contributed by atoms with Crippen molar-refractivity contribution < 1.29 is 0 Å². The Morgan fingerprint density at radius 1 is 1.24 bits per heavy atom. The summed E-state index contributed by atoms with van der Waals surface area (Å²) in [5.74, 6) is 0. The van der Waals surface area contributed by atoms with Crippen molar-refractivity contribution in [2.75, 3.05) is 26.7 Å². The Kier molecular flexibility index (Phi) is 3.12. The summed E-state index contributed by atoms with van der Waals surface area (Å²) in [5, 5.41) is 0. The lowest BCUT2D eigenvalue weighted by molar-refractivity contribution is 0.302. The first-order chi connectivity index (χ1) is 8.33. The average Bonchev–Trinajstić information content (AvgIpc) is 2.82. The van der Waals surface area contributed by atoms with Crippen LogP contribution in [0.1, 0.15) is 29.7 Å². The summed E-state index contributed by atoms with van der Waals surface area (Å²) in [4.78, 5) is 9.55. The predicted octanol–water partition coefficient (Wildman–Crippen LogP) is 1.67. The van der Waals surface area contributed by atoms with Crippen molar-refractivity contribution in [3.05, 3.63) is 29.1 Å². The van der Waals surface area contributed by atoms with Gasteiger partial charge in [-0.05, 0) is 56.6 Å². The smallest absolute Gasteiger partial charge is 0.0579 e. The fourth-order valence-corrected chi connectivity index (χ4v) is 3.00. The maximum absolute atomic E-state index is 4.62. The second kappa shape index (κ2) is 4.75. The molecule has 0 atom stereocenters. The van der Waals surface area contributed by atoms with Crippen molar-refractivity contribution in [1.29, 1.82) is 0 Å². The van der Waals surface area contributed by atoms with Crippen molar-refractivity contribution in [1.82, 2.24) is 14.8 Å². The largest absolute Gasteiger partial charge is 0.302 e. The van der Waals surface area contributed by atoms with E-state index in [4.69, 9.17) is 0 Å². The third-order valence-electron chi connectivity index (χ3n) is 4.00. The van der Waals surface area contributed by atoms with Crippen LogP contribution in [0.4, 0.5) is 0 Å². The van der Waals surface area contributed by atoms with Gasteiger partial charge in [0.15, 0.2) is 0 Å². The zero-order valence-electron chi connectivity index (χ0n) is 10.7. The van der Waals surface area contributed by atoms with Crippen LogP contribution in [0.3, 0.4) is 0 Å². The molecule has 1 saturated heterocycles. The third kappa shape index (κ3) is 2.35. The Labute approximate surface area is 103 Å². The minimum atomic E-state index is 1.06. The monoisotopic (exact) mass is 231 g/mol. The molecule has 0 saturated carbocycles. The van der Waals surface area contributed by atoms with E-state index < -0.39 is 0 Å². The maximum atomic E-state index is 4.62. The van der Waals surface area contributed by atoms with Crippen LogP contribution in [0, 0.1) is 0 Å². The van der Waals surface area contributed by atoms with Gasteiger partial charge >= 0.3 is 0 Å². The quantitative estimate of drug-likeness (QED) is 0.772. The van der Waals surface area contributed by atoms with Crippen LogP contribution in [0.25, 0.3) is 0 Å². The highest BCUT2D eigenvalue weighted by molar-refractivity contribution is 5.32. The number of likely N-dealkylation sites (N-methyl/N-ethyl adjacent to an activating group) is 1. The minimum Gasteiger partial charge on any atom is -0.302 e. The molecule has 0 spiro atoms. The van der Waals surface area contributed by atoms with Gasteiger partial charge in [-0.2, -0.15) is 0 Å². The molecule has 3 heterocycles. The van der Waals surface area contributed by atoms with Crippen LogP contribution in [-0.4, -0.2) is 41.5 Å². The van der Waals surface area contributed by atoms with Gasteiger partial charge in [0.2, 0.25) is 0 Å². The molecule has 3 heteroatoms. The molecule has 0 unspecified atom stereocenters. The fourth-order valence-electron chi connectivity index (χ4n) is 3.00. The van der Waals surface area contributed by atoms with Gasteiger partial charge < -0.3 is 4.90 Å². The molecular formula is C14H21N3. The van der Waals surface area contributed by atoms with Crippen LogP contribution < -0.4 is 0 Å². The third-order valence-corrected chi connectivity index (χ3v) is 4.00. The summed E-state index contributed by atoms with van der Waals surface area (Å²) < 4.78 is 0. The first-order valence-electron chi connectivity index (χ1n) is 6.69. The normalized spacial score (nSPS) is 21.7. The predicted molar refractivity (Wildman–Crippen MR) is 68.8 cm³/mol. The molecular weight excluding hydrogens is 210 g/mol. The Morgan fingerprint density at radius 3 is 2.88 bits per heavy atom. The van der Waals surface area contributed by atoms with Crippen LogP contribution in [0.15, 0.2) is 12.3 Å². The molecule has 1 aromatic rings. The summed E-state index contributed by atoms with van der Waals surface area (Å²) in [6.45, 7) is 5.83. The summed E-state index contributed by atoms with van der Waals surface area (Å²) in [6, 6.07) is 2.19. The number of pyridine rings is 1. The van der Waals surface area contributed by atoms with E-state index in [9.17, 15) is 0 Å². The molecule has 17 heavy (non-hydrogen) atoms.